The Labute approximate surface area is 42.8 Å². The molecule has 3 nitrogen and oxygen atoms in total. The van der Waals surface area contributed by atoms with Crippen LogP contribution in [0.5, 0.6) is 0 Å². The highest BCUT2D eigenvalue weighted by molar-refractivity contribution is 7.37. The Morgan fingerprint density at radius 3 is 2.29 bits per heavy atom. The molecule has 0 atom stereocenters. The zero-order chi connectivity index (χ0) is 5.11. The van der Waals surface area contributed by atoms with Crippen LogP contribution >= 0.6 is 8.58 Å². The van der Waals surface area contributed by atoms with E-state index in [1.165, 1.54) is 0 Å². The lowest BCUT2D eigenvalue weighted by Gasteiger charge is -2.09. The molecule has 1 fully saturated rings. The van der Waals surface area contributed by atoms with Crippen LogP contribution in [0.3, 0.4) is 0 Å². The van der Waals surface area contributed by atoms with E-state index in [1.54, 1.807) is 0 Å². The van der Waals surface area contributed by atoms with Crippen molar-refractivity contribution >= 4 is 14.7 Å². The van der Waals surface area contributed by atoms with Gasteiger partial charge in [-0.3, -0.25) is 0 Å². The molecule has 0 radical (unpaired) electrons. The molecule has 7 heavy (non-hydrogen) atoms. The second-order valence-electron chi connectivity index (χ2n) is 1.08. The molecular weight excluding hydrogens is 115 g/mol. The first-order chi connectivity index (χ1) is 3.39. The number of carbonyl (C=O) groups is 1. The summed E-state index contributed by atoms with van der Waals surface area (Å²) in [4.78, 5) is 10.0. The molecule has 0 saturated carbocycles. The molecule has 0 unspecified atom stereocenters. The Morgan fingerprint density at radius 2 is 2.00 bits per heavy atom. The van der Waals surface area contributed by atoms with Gasteiger partial charge in [0, 0.05) is 0 Å². The maximum absolute atomic E-state index is 10.0. The second kappa shape index (κ2) is 2.12. The smallest absolute Gasteiger partial charge is 0.430 e. The van der Waals surface area contributed by atoms with E-state index in [0.717, 1.165) is 0 Å². The van der Waals surface area contributed by atoms with Gasteiger partial charge in [-0.05, 0) is 8.58 Å². The third-order valence-electron chi connectivity index (χ3n) is 0.584. The number of hydrogen-bond acceptors (Lipinski definition) is 3. The van der Waals surface area contributed by atoms with Crippen LogP contribution in [0.1, 0.15) is 0 Å². The first-order valence-corrected chi connectivity index (χ1v) is 3.31. The van der Waals surface area contributed by atoms with Crippen molar-refractivity contribution in [2.75, 3.05) is 12.7 Å². The fourth-order valence-corrected chi connectivity index (χ4v) is 0.826. The number of hydrogen-bond donors (Lipinski definition) is 0. The standard InChI is InChI=1S/C3H5O3P/c4-3-5-1-7-2-6-3/h7H,1-2H2. The normalized spacial score (nSPS) is 20.3. The van der Waals surface area contributed by atoms with Gasteiger partial charge >= 0.3 is 6.16 Å². The molecule has 0 aromatic carbocycles. The average molecular weight is 120 g/mol. The van der Waals surface area contributed by atoms with Crippen LogP contribution in [0.4, 0.5) is 4.79 Å². The summed E-state index contributed by atoms with van der Waals surface area (Å²) in [5.74, 6) is 0. The topological polar surface area (TPSA) is 35.5 Å². The Balaban J connectivity index is 2.25. The predicted octanol–water partition coefficient (Wildman–Crippen LogP) is 0.747. The van der Waals surface area contributed by atoms with Gasteiger partial charge in [0.2, 0.25) is 0 Å². The largest absolute Gasteiger partial charge is 0.508 e. The van der Waals surface area contributed by atoms with Gasteiger partial charge in [-0.1, -0.05) is 0 Å². The van der Waals surface area contributed by atoms with Crippen molar-refractivity contribution < 1.29 is 14.3 Å². The third kappa shape index (κ3) is 1.32. The minimum Gasteiger partial charge on any atom is -0.430 e. The lowest BCUT2D eigenvalue weighted by atomic mass is 11.3. The maximum Gasteiger partial charge on any atom is 0.508 e. The zero-order valence-corrected chi connectivity index (χ0v) is 4.64. The van der Waals surface area contributed by atoms with E-state index in [2.05, 4.69) is 9.47 Å². The molecule has 40 valence electrons. The van der Waals surface area contributed by atoms with E-state index in [1.807, 2.05) is 0 Å². The molecule has 0 aliphatic carbocycles. The van der Waals surface area contributed by atoms with Crippen LogP contribution in [0.15, 0.2) is 0 Å². The fraction of sp³-hybridized carbons (Fsp3) is 0.667. The monoisotopic (exact) mass is 120 g/mol. The Morgan fingerprint density at radius 1 is 1.43 bits per heavy atom. The van der Waals surface area contributed by atoms with Gasteiger partial charge in [-0.25, -0.2) is 4.79 Å². The molecule has 0 N–H and O–H groups in total. The van der Waals surface area contributed by atoms with E-state index in [4.69, 9.17) is 0 Å². The molecule has 0 spiro atoms. The summed E-state index contributed by atoms with van der Waals surface area (Å²) in [6.45, 7) is 0. The summed E-state index contributed by atoms with van der Waals surface area (Å²) in [5, 5.41) is 0. The minimum absolute atomic E-state index is 0.529. The van der Waals surface area contributed by atoms with Crippen LogP contribution in [0.25, 0.3) is 0 Å². The molecule has 0 aromatic rings. The van der Waals surface area contributed by atoms with Gasteiger partial charge in [0.1, 0.15) is 12.7 Å². The molecule has 0 aromatic heterocycles. The molecular formula is C3H5O3P. The zero-order valence-electron chi connectivity index (χ0n) is 3.64. The predicted molar refractivity (Wildman–Crippen MR) is 25.6 cm³/mol. The van der Waals surface area contributed by atoms with Gasteiger partial charge in [0.15, 0.2) is 0 Å². The Bertz CT molecular complexity index is 74.2. The van der Waals surface area contributed by atoms with E-state index in [9.17, 15) is 4.79 Å². The van der Waals surface area contributed by atoms with Crippen LogP contribution in [-0.4, -0.2) is 18.9 Å². The molecule has 1 heterocycles. The molecule has 0 amide bonds. The van der Waals surface area contributed by atoms with Gasteiger partial charge in [-0.2, -0.15) is 0 Å². The van der Waals surface area contributed by atoms with Crippen LogP contribution < -0.4 is 0 Å². The van der Waals surface area contributed by atoms with Crippen molar-refractivity contribution in [3.8, 4) is 0 Å². The number of cyclic esters (lactones) is 2. The second-order valence-corrected chi connectivity index (χ2v) is 2.15. The minimum atomic E-state index is -0.529. The summed E-state index contributed by atoms with van der Waals surface area (Å²) < 4.78 is 8.86. The van der Waals surface area contributed by atoms with Crippen molar-refractivity contribution in [1.82, 2.24) is 0 Å². The summed E-state index contributed by atoms with van der Waals surface area (Å²) >= 11 is 0. The van der Waals surface area contributed by atoms with Crippen LogP contribution in [0, 0.1) is 0 Å². The Hall–Kier alpha value is -0.300. The Kier molecular flexibility index (Phi) is 1.47. The van der Waals surface area contributed by atoms with Gasteiger partial charge < -0.3 is 9.47 Å². The maximum atomic E-state index is 10.0. The number of ether oxygens (including phenoxy) is 2. The first-order valence-electron chi connectivity index (χ1n) is 1.90. The highest BCUT2D eigenvalue weighted by Gasteiger charge is 2.07. The summed E-state index contributed by atoms with van der Waals surface area (Å²) in [6.07, 6.45) is 0.552. The summed E-state index contributed by atoms with van der Waals surface area (Å²) in [5.41, 5.74) is 0. The highest BCUT2D eigenvalue weighted by Crippen LogP contribution is 2.15. The summed E-state index contributed by atoms with van der Waals surface area (Å²) in [7, 11) is 0.622. The van der Waals surface area contributed by atoms with E-state index in [-0.39, 0.29) is 0 Å². The van der Waals surface area contributed by atoms with Crippen LogP contribution in [-0.2, 0) is 9.47 Å². The number of carbonyl (C=O) groups excluding carboxylic acids is 1. The lowest BCUT2D eigenvalue weighted by molar-refractivity contribution is 0.0727. The third-order valence-corrected chi connectivity index (χ3v) is 1.28. The lowest BCUT2D eigenvalue weighted by Crippen LogP contribution is -2.10. The molecule has 4 heteroatoms. The average Bonchev–Trinajstić information content (AvgIpc) is 1.69. The molecule has 1 aliphatic rings. The highest BCUT2D eigenvalue weighted by atomic mass is 31.1. The van der Waals surface area contributed by atoms with Crippen molar-refractivity contribution in [1.29, 1.82) is 0 Å². The molecule has 1 saturated heterocycles. The molecule has 1 rings (SSSR count). The van der Waals surface area contributed by atoms with E-state index < -0.39 is 6.16 Å². The molecule has 1 aliphatic heterocycles. The van der Waals surface area contributed by atoms with Crippen LogP contribution in [0.2, 0.25) is 0 Å². The van der Waals surface area contributed by atoms with E-state index >= 15 is 0 Å². The van der Waals surface area contributed by atoms with Gasteiger partial charge in [0.25, 0.3) is 0 Å². The fourth-order valence-electron chi connectivity index (χ4n) is 0.303. The van der Waals surface area contributed by atoms with Crippen molar-refractivity contribution in [3.63, 3.8) is 0 Å². The van der Waals surface area contributed by atoms with E-state index in [0.29, 0.717) is 21.3 Å². The first kappa shape index (κ1) is 4.85. The number of rotatable bonds is 0. The SMILES string of the molecule is O=C1OCPCO1. The van der Waals surface area contributed by atoms with Crippen molar-refractivity contribution in [2.45, 2.75) is 0 Å². The van der Waals surface area contributed by atoms with Gasteiger partial charge in [-0.15, -0.1) is 0 Å². The van der Waals surface area contributed by atoms with Gasteiger partial charge in [0.05, 0.1) is 0 Å². The molecule has 0 bridgehead atoms. The van der Waals surface area contributed by atoms with Crippen molar-refractivity contribution in [2.24, 2.45) is 0 Å². The van der Waals surface area contributed by atoms with Crippen molar-refractivity contribution in [3.05, 3.63) is 0 Å². The summed E-state index contributed by atoms with van der Waals surface area (Å²) in [6, 6.07) is 0. The quantitative estimate of drug-likeness (QED) is 0.349.